The minimum atomic E-state index is 0.664. The fourth-order valence-electron chi connectivity index (χ4n) is 1.83. The van der Waals surface area contributed by atoms with Crippen molar-refractivity contribution < 1.29 is 4.74 Å². The van der Waals surface area contributed by atoms with E-state index in [1.165, 1.54) is 11.1 Å². The molecule has 0 saturated carbocycles. The highest BCUT2D eigenvalue weighted by Gasteiger charge is 2.06. The summed E-state index contributed by atoms with van der Waals surface area (Å²) in [7, 11) is 4.15. The first kappa shape index (κ1) is 14.0. The van der Waals surface area contributed by atoms with Gasteiger partial charge in [0.15, 0.2) is 0 Å². The largest absolute Gasteiger partial charge is 0.493 e. The first-order valence-electron chi connectivity index (χ1n) is 6.21. The summed E-state index contributed by atoms with van der Waals surface area (Å²) < 4.78 is 5.89. The van der Waals surface area contributed by atoms with Gasteiger partial charge in [0.1, 0.15) is 5.75 Å². The maximum absolute atomic E-state index is 5.89. The number of nitrogens with two attached hydrogens (primary N) is 1. The van der Waals surface area contributed by atoms with E-state index in [0.717, 1.165) is 31.7 Å². The number of para-hydroxylation sites is 1. The van der Waals surface area contributed by atoms with Crippen LogP contribution in [-0.4, -0.2) is 38.7 Å². The maximum Gasteiger partial charge on any atom is 0.125 e. The van der Waals surface area contributed by atoms with Gasteiger partial charge in [-0.05, 0) is 51.5 Å². The van der Waals surface area contributed by atoms with Crippen molar-refractivity contribution in [1.29, 1.82) is 0 Å². The van der Waals surface area contributed by atoms with Crippen LogP contribution in [0.1, 0.15) is 17.5 Å². The molecule has 0 spiro atoms. The lowest BCUT2D eigenvalue weighted by Gasteiger charge is -2.15. The predicted molar refractivity (Wildman–Crippen MR) is 72.6 cm³/mol. The number of ether oxygens (including phenoxy) is 1. The molecule has 0 amide bonds. The smallest absolute Gasteiger partial charge is 0.125 e. The van der Waals surface area contributed by atoms with E-state index in [-0.39, 0.29) is 0 Å². The molecule has 0 bridgehead atoms. The van der Waals surface area contributed by atoms with Gasteiger partial charge in [-0.1, -0.05) is 18.2 Å². The summed E-state index contributed by atoms with van der Waals surface area (Å²) >= 11 is 0. The van der Waals surface area contributed by atoms with Gasteiger partial charge in [-0.15, -0.1) is 0 Å². The number of rotatable bonds is 7. The van der Waals surface area contributed by atoms with Gasteiger partial charge in [-0.25, -0.2) is 0 Å². The summed E-state index contributed by atoms with van der Waals surface area (Å²) in [5.74, 6) is 1.02. The fraction of sp³-hybridized carbons (Fsp3) is 0.571. The van der Waals surface area contributed by atoms with Crippen LogP contribution in [-0.2, 0) is 6.42 Å². The van der Waals surface area contributed by atoms with Gasteiger partial charge in [0, 0.05) is 6.54 Å². The molecule has 0 heterocycles. The quantitative estimate of drug-likeness (QED) is 0.734. The van der Waals surface area contributed by atoms with E-state index in [0.29, 0.717) is 6.54 Å². The minimum absolute atomic E-state index is 0.664. The van der Waals surface area contributed by atoms with Crippen LogP contribution in [0.4, 0.5) is 0 Å². The second kappa shape index (κ2) is 7.30. The molecule has 0 aliphatic heterocycles. The molecule has 0 saturated heterocycles. The Kier molecular flexibility index (Phi) is 6.01. The van der Waals surface area contributed by atoms with Crippen molar-refractivity contribution in [3.05, 3.63) is 29.3 Å². The van der Waals surface area contributed by atoms with Crippen LogP contribution in [0.15, 0.2) is 18.2 Å². The Morgan fingerprint density at radius 3 is 2.71 bits per heavy atom. The van der Waals surface area contributed by atoms with Crippen molar-refractivity contribution in [2.24, 2.45) is 5.73 Å². The molecule has 3 heteroatoms. The average molecular weight is 236 g/mol. The van der Waals surface area contributed by atoms with Gasteiger partial charge in [0.2, 0.25) is 0 Å². The summed E-state index contributed by atoms with van der Waals surface area (Å²) in [4.78, 5) is 2.17. The first-order valence-corrected chi connectivity index (χ1v) is 6.21. The SMILES string of the molecule is Cc1cccc(CCN)c1OCCCN(C)C. The van der Waals surface area contributed by atoms with Crippen molar-refractivity contribution >= 4 is 0 Å². The third-order valence-corrected chi connectivity index (χ3v) is 2.70. The maximum atomic E-state index is 5.89. The molecule has 1 aromatic rings. The van der Waals surface area contributed by atoms with Gasteiger partial charge < -0.3 is 15.4 Å². The second-order valence-electron chi connectivity index (χ2n) is 4.61. The Bertz CT molecular complexity index is 337. The molecule has 0 unspecified atom stereocenters. The topological polar surface area (TPSA) is 38.5 Å². The van der Waals surface area contributed by atoms with Crippen LogP contribution in [0.3, 0.4) is 0 Å². The molecule has 3 nitrogen and oxygen atoms in total. The molecular weight excluding hydrogens is 212 g/mol. The van der Waals surface area contributed by atoms with E-state index in [1.54, 1.807) is 0 Å². The number of aryl methyl sites for hydroxylation is 1. The Labute approximate surface area is 105 Å². The fourth-order valence-corrected chi connectivity index (χ4v) is 1.83. The number of hydrogen-bond donors (Lipinski definition) is 1. The Morgan fingerprint density at radius 1 is 1.29 bits per heavy atom. The van der Waals surface area contributed by atoms with Crippen molar-refractivity contribution in [2.75, 3.05) is 33.8 Å². The van der Waals surface area contributed by atoms with Crippen LogP contribution >= 0.6 is 0 Å². The third-order valence-electron chi connectivity index (χ3n) is 2.70. The van der Waals surface area contributed by atoms with E-state index in [2.05, 4.69) is 44.1 Å². The summed E-state index contributed by atoms with van der Waals surface area (Å²) in [5, 5.41) is 0. The molecule has 2 N–H and O–H groups in total. The van der Waals surface area contributed by atoms with Crippen LogP contribution in [0.5, 0.6) is 5.75 Å². The molecule has 0 aromatic heterocycles. The zero-order chi connectivity index (χ0) is 12.7. The molecule has 1 rings (SSSR count). The first-order chi connectivity index (χ1) is 8.15. The normalized spacial score (nSPS) is 10.9. The minimum Gasteiger partial charge on any atom is -0.493 e. The Morgan fingerprint density at radius 2 is 2.06 bits per heavy atom. The highest BCUT2D eigenvalue weighted by Crippen LogP contribution is 2.23. The molecule has 0 fully saturated rings. The molecule has 96 valence electrons. The third kappa shape index (κ3) is 4.75. The summed E-state index contributed by atoms with van der Waals surface area (Å²) in [6, 6.07) is 6.25. The summed E-state index contributed by atoms with van der Waals surface area (Å²) in [5.41, 5.74) is 8.03. The second-order valence-corrected chi connectivity index (χ2v) is 4.61. The molecule has 0 aliphatic rings. The van der Waals surface area contributed by atoms with E-state index < -0.39 is 0 Å². The lowest BCUT2D eigenvalue weighted by Crippen LogP contribution is -2.16. The van der Waals surface area contributed by atoms with E-state index in [9.17, 15) is 0 Å². The van der Waals surface area contributed by atoms with Crippen LogP contribution in [0, 0.1) is 6.92 Å². The highest BCUT2D eigenvalue weighted by molar-refractivity contribution is 5.40. The molecular formula is C14H24N2O. The molecule has 17 heavy (non-hydrogen) atoms. The molecule has 0 radical (unpaired) electrons. The van der Waals surface area contributed by atoms with Crippen LogP contribution < -0.4 is 10.5 Å². The van der Waals surface area contributed by atoms with Crippen LogP contribution in [0.25, 0.3) is 0 Å². The standard InChI is InChI=1S/C14H24N2O/c1-12-6-4-7-13(8-9-15)14(12)17-11-5-10-16(2)3/h4,6-7H,5,8-11,15H2,1-3H3. The number of hydrogen-bond acceptors (Lipinski definition) is 3. The van der Waals surface area contributed by atoms with E-state index in [4.69, 9.17) is 10.5 Å². The Hall–Kier alpha value is -1.06. The lowest BCUT2D eigenvalue weighted by atomic mass is 10.1. The van der Waals surface area contributed by atoms with Crippen molar-refractivity contribution in [2.45, 2.75) is 19.8 Å². The monoisotopic (exact) mass is 236 g/mol. The molecule has 1 aromatic carbocycles. The number of nitrogens with zero attached hydrogens (tertiary/aromatic N) is 1. The van der Waals surface area contributed by atoms with Crippen molar-refractivity contribution in [3.63, 3.8) is 0 Å². The molecule has 0 atom stereocenters. The zero-order valence-electron chi connectivity index (χ0n) is 11.2. The van der Waals surface area contributed by atoms with Gasteiger partial charge in [-0.3, -0.25) is 0 Å². The predicted octanol–water partition coefficient (Wildman–Crippen LogP) is 1.83. The lowest BCUT2D eigenvalue weighted by molar-refractivity contribution is 0.278. The Balaban J connectivity index is 2.56. The highest BCUT2D eigenvalue weighted by atomic mass is 16.5. The molecule has 0 aliphatic carbocycles. The summed E-state index contributed by atoms with van der Waals surface area (Å²) in [6.07, 6.45) is 1.92. The number of benzene rings is 1. The van der Waals surface area contributed by atoms with Gasteiger partial charge in [0.25, 0.3) is 0 Å². The average Bonchev–Trinajstić information content (AvgIpc) is 2.27. The zero-order valence-corrected chi connectivity index (χ0v) is 11.2. The van der Waals surface area contributed by atoms with Gasteiger partial charge >= 0.3 is 0 Å². The summed E-state index contributed by atoms with van der Waals surface area (Å²) in [6.45, 7) is 4.57. The van der Waals surface area contributed by atoms with Crippen molar-refractivity contribution in [1.82, 2.24) is 4.90 Å². The van der Waals surface area contributed by atoms with Gasteiger partial charge in [-0.2, -0.15) is 0 Å². The van der Waals surface area contributed by atoms with Crippen LogP contribution in [0.2, 0.25) is 0 Å². The van der Waals surface area contributed by atoms with Gasteiger partial charge in [0.05, 0.1) is 6.61 Å². The van der Waals surface area contributed by atoms with Crippen molar-refractivity contribution in [3.8, 4) is 5.75 Å². The van der Waals surface area contributed by atoms with E-state index >= 15 is 0 Å². The van der Waals surface area contributed by atoms with E-state index in [1.807, 2.05) is 0 Å².